The van der Waals surface area contributed by atoms with Crippen molar-refractivity contribution in [3.8, 4) is 0 Å². The van der Waals surface area contributed by atoms with Gasteiger partial charge in [0.25, 0.3) is 0 Å². The van der Waals surface area contributed by atoms with Crippen molar-refractivity contribution in [2.24, 2.45) is 0 Å². The quantitative estimate of drug-likeness (QED) is 0.560. The van der Waals surface area contributed by atoms with Gasteiger partial charge < -0.3 is 0 Å². The summed E-state index contributed by atoms with van der Waals surface area (Å²) >= 11 is 0. The Kier molecular flexibility index (Phi) is 6.35. The van der Waals surface area contributed by atoms with E-state index in [1.807, 2.05) is 45.1 Å². The van der Waals surface area contributed by atoms with Gasteiger partial charge >= 0.3 is 0 Å². The Hall–Kier alpha value is -0.850. The molecule has 0 radical (unpaired) electrons. The van der Waals surface area contributed by atoms with Crippen LogP contribution in [0.5, 0.6) is 0 Å². The van der Waals surface area contributed by atoms with Gasteiger partial charge in [0.2, 0.25) is 0 Å². The van der Waals surface area contributed by atoms with Crippen molar-refractivity contribution < 1.29 is 4.39 Å². The Morgan fingerprint density at radius 3 is 2.33 bits per heavy atom. The summed E-state index contributed by atoms with van der Waals surface area (Å²) in [5.41, 5.74) is 1.92. The highest BCUT2D eigenvalue weighted by Gasteiger charge is 1.86. The number of halogens is 1. The van der Waals surface area contributed by atoms with E-state index in [0.29, 0.717) is 0 Å². The first kappa shape index (κ1) is 11.2. The molecule has 0 saturated carbocycles. The van der Waals surface area contributed by atoms with E-state index in [-0.39, 0.29) is 6.67 Å². The molecular formula is C11H17F. The van der Waals surface area contributed by atoms with Crippen LogP contribution in [0, 0.1) is 0 Å². The lowest BCUT2D eigenvalue weighted by molar-refractivity contribution is 0.549. The van der Waals surface area contributed by atoms with E-state index >= 15 is 0 Å². The molecule has 0 nitrogen and oxygen atoms in total. The average Bonchev–Trinajstić information content (AvgIpc) is 2.05. The molecule has 0 aromatic carbocycles. The second-order valence-electron chi connectivity index (χ2n) is 2.93. The van der Waals surface area contributed by atoms with Gasteiger partial charge in [-0.05, 0) is 25.8 Å². The summed E-state index contributed by atoms with van der Waals surface area (Å²) in [7, 11) is 0. The van der Waals surface area contributed by atoms with E-state index in [2.05, 4.69) is 0 Å². The van der Waals surface area contributed by atoms with Gasteiger partial charge in [0, 0.05) is 0 Å². The number of alkyl halides is 1. The Labute approximate surface area is 74.5 Å². The Morgan fingerprint density at radius 1 is 1.25 bits per heavy atom. The monoisotopic (exact) mass is 168 g/mol. The molecule has 0 atom stereocenters. The number of hydrogen-bond donors (Lipinski definition) is 0. The third kappa shape index (κ3) is 5.90. The zero-order valence-corrected chi connectivity index (χ0v) is 8.10. The molecular weight excluding hydrogens is 151 g/mol. The van der Waals surface area contributed by atoms with Gasteiger partial charge in [-0.1, -0.05) is 36.8 Å². The summed E-state index contributed by atoms with van der Waals surface area (Å²) in [6.45, 7) is 5.64. The van der Waals surface area contributed by atoms with Gasteiger partial charge in [0.05, 0.1) is 0 Å². The van der Waals surface area contributed by atoms with Crippen molar-refractivity contribution in [3.05, 3.63) is 35.5 Å². The third-order valence-corrected chi connectivity index (χ3v) is 1.35. The third-order valence-electron chi connectivity index (χ3n) is 1.35. The molecule has 12 heavy (non-hydrogen) atoms. The van der Waals surface area contributed by atoms with E-state index in [4.69, 9.17) is 0 Å². The van der Waals surface area contributed by atoms with Crippen LogP contribution in [0.1, 0.15) is 27.2 Å². The summed E-state index contributed by atoms with van der Waals surface area (Å²) < 4.78 is 12.3. The number of rotatable bonds is 4. The average molecular weight is 168 g/mol. The van der Waals surface area contributed by atoms with Crippen LogP contribution in [-0.2, 0) is 0 Å². The van der Waals surface area contributed by atoms with Crippen LogP contribution >= 0.6 is 0 Å². The fraction of sp³-hybridized carbons (Fsp3) is 0.455. The van der Waals surface area contributed by atoms with Crippen molar-refractivity contribution in [1.82, 2.24) is 0 Å². The molecule has 0 bridgehead atoms. The molecule has 0 aliphatic heterocycles. The predicted molar refractivity (Wildman–Crippen MR) is 52.9 cm³/mol. The SMILES string of the molecule is CC/C=C\C(=C/C=C(C)C)CF. The Morgan fingerprint density at radius 2 is 1.92 bits per heavy atom. The van der Waals surface area contributed by atoms with Crippen LogP contribution in [0.15, 0.2) is 35.5 Å². The van der Waals surface area contributed by atoms with Crippen molar-refractivity contribution in [1.29, 1.82) is 0 Å². The molecule has 68 valence electrons. The van der Waals surface area contributed by atoms with Crippen LogP contribution in [-0.4, -0.2) is 6.67 Å². The molecule has 0 aromatic heterocycles. The molecule has 0 amide bonds. The molecule has 0 saturated heterocycles. The van der Waals surface area contributed by atoms with Crippen molar-refractivity contribution in [3.63, 3.8) is 0 Å². The van der Waals surface area contributed by atoms with Crippen LogP contribution in [0.2, 0.25) is 0 Å². The topological polar surface area (TPSA) is 0 Å². The molecule has 0 N–H and O–H groups in total. The largest absolute Gasteiger partial charge is 0.246 e. The van der Waals surface area contributed by atoms with E-state index in [1.54, 1.807) is 0 Å². The highest BCUT2D eigenvalue weighted by atomic mass is 19.1. The first-order valence-corrected chi connectivity index (χ1v) is 4.27. The Bertz CT molecular complexity index is 193. The maximum Gasteiger partial charge on any atom is 0.115 e. The minimum Gasteiger partial charge on any atom is -0.246 e. The highest BCUT2D eigenvalue weighted by Crippen LogP contribution is 2.01. The zero-order valence-electron chi connectivity index (χ0n) is 8.10. The minimum absolute atomic E-state index is 0.389. The van der Waals surface area contributed by atoms with E-state index in [9.17, 15) is 4.39 Å². The number of hydrogen-bond acceptors (Lipinski definition) is 0. The van der Waals surface area contributed by atoms with E-state index in [0.717, 1.165) is 12.0 Å². The molecule has 0 aliphatic rings. The minimum atomic E-state index is -0.389. The fourth-order valence-corrected chi connectivity index (χ4v) is 0.688. The molecule has 0 spiro atoms. The summed E-state index contributed by atoms with van der Waals surface area (Å²) in [4.78, 5) is 0. The second kappa shape index (κ2) is 6.84. The van der Waals surface area contributed by atoms with Gasteiger partial charge in [0.1, 0.15) is 6.67 Å². The fourth-order valence-electron chi connectivity index (χ4n) is 0.688. The highest BCUT2D eigenvalue weighted by molar-refractivity contribution is 5.25. The standard InChI is InChI=1S/C11H17F/c1-4-5-6-11(9-12)8-7-10(2)3/h5-8H,4,9H2,1-3H3/b6-5-,11-8+. The van der Waals surface area contributed by atoms with Gasteiger partial charge in [-0.3, -0.25) is 0 Å². The normalized spacial score (nSPS) is 12.2. The first-order chi connectivity index (χ1) is 5.70. The molecule has 0 heterocycles. The molecule has 0 rings (SSSR count). The van der Waals surface area contributed by atoms with Gasteiger partial charge in [-0.25, -0.2) is 4.39 Å². The lowest BCUT2D eigenvalue weighted by atomic mass is 10.2. The summed E-state index contributed by atoms with van der Waals surface area (Å²) in [6, 6.07) is 0. The van der Waals surface area contributed by atoms with Crippen molar-refractivity contribution in [2.75, 3.05) is 6.67 Å². The number of allylic oxidation sites excluding steroid dienone is 6. The van der Waals surface area contributed by atoms with Crippen molar-refractivity contribution in [2.45, 2.75) is 27.2 Å². The molecule has 0 aliphatic carbocycles. The van der Waals surface area contributed by atoms with Gasteiger partial charge in [-0.2, -0.15) is 0 Å². The first-order valence-electron chi connectivity index (χ1n) is 4.27. The lowest BCUT2D eigenvalue weighted by Crippen LogP contribution is -1.79. The maximum absolute atomic E-state index is 12.3. The Balaban J connectivity index is 4.23. The van der Waals surface area contributed by atoms with Gasteiger partial charge in [0.15, 0.2) is 0 Å². The molecule has 0 unspecified atom stereocenters. The molecule has 0 aromatic rings. The smallest absolute Gasteiger partial charge is 0.115 e. The summed E-state index contributed by atoms with van der Waals surface area (Å²) in [6.07, 6.45) is 8.49. The van der Waals surface area contributed by atoms with Gasteiger partial charge in [-0.15, -0.1) is 0 Å². The summed E-state index contributed by atoms with van der Waals surface area (Å²) in [5.74, 6) is 0. The molecule has 1 heteroatoms. The maximum atomic E-state index is 12.3. The zero-order chi connectivity index (χ0) is 9.40. The van der Waals surface area contributed by atoms with Crippen molar-refractivity contribution >= 4 is 0 Å². The van der Waals surface area contributed by atoms with Crippen LogP contribution in [0.3, 0.4) is 0 Å². The lowest BCUT2D eigenvalue weighted by Gasteiger charge is -1.92. The molecule has 0 fully saturated rings. The summed E-state index contributed by atoms with van der Waals surface area (Å²) in [5, 5.41) is 0. The van der Waals surface area contributed by atoms with Crippen LogP contribution in [0.4, 0.5) is 4.39 Å². The second-order valence-corrected chi connectivity index (χ2v) is 2.93. The van der Waals surface area contributed by atoms with Crippen LogP contribution < -0.4 is 0 Å². The predicted octanol–water partition coefficient (Wildman–Crippen LogP) is 3.81. The van der Waals surface area contributed by atoms with E-state index in [1.165, 1.54) is 5.57 Å². The van der Waals surface area contributed by atoms with E-state index < -0.39 is 0 Å². The van der Waals surface area contributed by atoms with Crippen LogP contribution in [0.25, 0.3) is 0 Å².